The molecule has 0 spiro atoms. The summed E-state index contributed by atoms with van der Waals surface area (Å²) in [5, 5.41) is 8.87. The molecule has 0 rings (SSSR count). The van der Waals surface area contributed by atoms with Gasteiger partial charge in [-0.25, -0.2) is 0 Å². The zero-order valence-electron chi connectivity index (χ0n) is 11.8. The van der Waals surface area contributed by atoms with Gasteiger partial charge in [0.25, 0.3) is 0 Å². The smallest absolute Gasteiger partial charge is 0.325 e. The Morgan fingerprint density at radius 1 is 1.50 bits per heavy atom. The van der Waals surface area contributed by atoms with Gasteiger partial charge in [-0.1, -0.05) is 13.3 Å². The highest BCUT2D eigenvalue weighted by Crippen LogP contribution is 2.16. The summed E-state index contributed by atoms with van der Waals surface area (Å²) in [4.78, 5) is 11.5. The SMILES string of the molecule is CCOC(=O)C(C)(N)CCCCSCC(C)CO. The molecule has 0 saturated heterocycles. The lowest BCUT2D eigenvalue weighted by molar-refractivity contribution is -0.149. The fourth-order valence-corrected chi connectivity index (χ4v) is 2.51. The molecule has 0 aromatic rings. The molecule has 0 radical (unpaired) electrons. The summed E-state index contributed by atoms with van der Waals surface area (Å²) >= 11 is 1.84. The van der Waals surface area contributed by atoms with Gasteiger partial charge in [-0.05, 0) is 44.1 Å². The molecule has 0 saturated carbocycles. The Kier molecular flexibility index (Phi) is 9.50. The van der Waals surface area contributed by atoms with Gasteiger partial charge in [-0.3, -0.25) is 4.79 Å². The Balaban J connectivity index is 3.61. The summed E-state index contributed by atoms with van der Waals surface area (Å²) in [6, 6.07) is 0. The van der Waals surface area contributed by atoms with E-state index >= 15 is 0 Å². The van der Waals surface area contributed by atoms with E-state index in [-0.39, 0.29) is 12.6 Å². The summed E-state index contributed by atoms with van der Waals surface area (Å²) < 4.78 is 4.93. The van der Waals surface area contributed by atoms with Crippen molar-refractivity contribution in [3.8, 4) is 0 Å². The van der Waals surface area contributed by atoms with Crippen molar-refractivity contribution in [3.05, 3.63) is 0 Å². The van der Waals surface area contributed by atoms with Gasteiger partial charge in [0.05, 0.1) is 6.61 Å². The largest absolute Gasteiger partial charge is 0.465 e. The highest BCUT2D eigenvalue weighted by molar-refractivity contribution is 7.99. The minimum absolute atomic E-state index is 0.247. The van der Waals surface area contributed by atoms with E-state index in [1.54, 1.807) is 13.8 Å². The van der Waals surface area contributed by atoms with Crippen molar-refractivity contribution in [2.75, 3.05) is 24.7 Å². The third-order valence-corrected chi connectivity index (χ3v) is 4.07. The van der Waals surface area contributed by atoms with E-state index in [0.717, 1.165) is 24.3 Å². The number of esters is 1. The number of carbonyl (C=O) groups excluding carboxylic acids is 1. The molecular weight excluding hydrogens is 250 g/mol. The molecule has 0 amide bonds. The first kappa shape index (κ1) is 17.7. The number of aliphatic hydroxyl groups is 1. The van der Waals surface area contributed by atoms with Gasteiger partial charge >= 0.3 is 5.97 Å². The molecule has 0 bridgehead atoms. The molecule has 0 fully saturated rings. The van der Waals surface area contributed by atoms with E-state index in [1.807, 2.05) is 18.7 Å². The standard InChI is InChI=1S/C13H27NO3S/c1-4-17-12(16)13(3,14)7-5-6-8-18-10-11(2)9-15/h11,15H,4-10,14H2,1-3H3. The summed E-state index contributed by atoms with van der Waals surface area (Å²) in [5.41, 5.74) is 5.05. The summed E-state index contributed by atoms with van der Waals surface area (Å²) in [6.07, 6.45) is 2.61. The van der Waals surface area contributed by atoms with Crippen molar-refractivity contribution >= 4 is 17.7 Å². The monoisotopic (exact) mass is 277 g/mol. The number of ether oxygens (including phenoxy) is 1. The normalized spacial score (nSPS) is 16.1. The van der Waals surface area contributed by atoms with Crippen LogP contribution in [-0.4, -0.2) is 41.3 Å². The van der Waals surface area contributed by atoms with Crippen LogP contribution >= 0.6 is 11.8 Å². The van der Waals surface area contributed by atoms with Crippen LogP contribution in [0, 0.1) is 5.92 Å². The van der Waals surface area contributed by atoms with Gasteiger partial charge < -0.3 is 15.6 Å². The minimum Gasteiger partial charge on any atom is -0.465 e. The maximum atomic E-state index is 11.5. The molecular formula is C13H27NO3S. The van der Waals surface area contributed by atoms with Crippen molar-refractivity contribution in [3.63, 3.8) is 0 Å². The average molecular weight is 277 g/mol. The zero-order valence-corrected chi connectivity index (χ0v) is 12.6. The van der Waals surface area contributed by atoms with Crippen LogP contribution in [0.25, 0.3) is 0 Å². The van der Waals surface area contributed by atoms with Crippen LogP contribution in [0.3, 0.4) is 0 Å². The summed E-state index contributed by atoms with van der Waals surface area (Å²) in [7, 11) is 0. The first-order chi connectivity index (χ1) is 8.44. The van der Waals surface area contributed by atoms with Crippen LogP contribution in [0.4, 0.5) is 0 Å². The average Bonchev–Trinajstić information content (AvgIpc) is 2.33. The molecule has 0 aliphatic rings. The van der Waals surface area contributed by atoms with Crippen LogP contribution in [0.5, 0.6) is 0 Å². The highest BCUT2D eigenvalue weighted by atomic mass is 32.2. The van der Waals surface area contributed by atoms with Crippen LogP contribution in [-0.2, 0) is 9.53 Å². The molecule has 108 valence electrons. The second-order valence-corrected chi connectivity index (χ2v) is 6.11. The Bertz CT molecular complexity index is 234. The summed E-state index contributed by atoms with van der Waals surface area (Å²) in [6.45, 7) is 6.17. The molecule has 18 heavy (non-hydrogen) atoms. The third-order valence-electron chi connectivity index (χ3n) is 2.69. The van der Waals surface area contributed by atoms with Crippen LogP contribution in [0.1, 0.15) is 40.0 Å². The Morgan fingerprint density at radius 2 is 2.17 bits per heavy atom. The highest BCUT2D eigenvalue weighted by Gasteiger charge is 2.28. The predicted molar refractivity (Wildman–Crippen MR) is 76.7 cm³/mol. The molecule has 0 aliphatic carbocycles. The lowest BCUT2D eigenvalue weighted by Crippen LogP contribution is -2.46. The van der Waals surface area contributed by atoms with Crippen molar-refractivity contribution in [2.45, 2.75) is 45.6 Å². The molecule has 0 aliphatic heterocycles. The molecule has 0 aromatic carbocycles. The number of carbonyl (C=O) groups is 1. The Hall–Kier alpha value is -0.260. The quantitative estimate of drug-likeness (QED) is 0.470. The predicted octanol–water partition coefficient (Wildman–Crippen LogP) is 1.80. The third kappa shape index (κ3) is 7.95. The number of nitrogens with two attached hydrogens (primary N) is 1. The lowest BCUT2D eigenvalue weighted by atomic mass is 9.96. The molecule has 0 aromatic heterocycles. The molecule has 2 atom stereocenters. The number of hydrogen-bond acceptors (Lipinski definition) is 5. The zero-order chi connectivity index (χ0) is 14.0. The van der Waals surface area contributed by atoms with Gasteiger partial charge in [-0.15, -0.1) is 0 Å². The van der Waals surface area contributed by atoms with Crippen molar-refractivity contribution in [1.29, 1.82) is 0 Å². The lowest BCUT2D eigenvalue weighted by Gasteiger charge is -2.21. The van der Waals surface area contributed by atoms with Crippen LogP contribution in [0.15, 0.2) is 0 Å². The van der Waals surface area contributed by atoms with E-state index in [4.69, 9.17) is 15.6 Å². The molecule has 3 N–H and O–H groups in total. The number of rotatable bonds is 10. The number of aliphatic hydroxyl groups excluding tert-OH is 1. The molecule has 0 heterocycles. The molecule has 2 unspecified atom stereocenters. The first-order valence-electron chi connectivity index (χ1n) is 6.58. The van der Waals surface area contributed by atoms with E-state index in [2.05, 4.69) is 0 Å². The summed E-state index contributed by atoms with van der Waals surface area (Å²) in [5.74, 6) is 2.07. The number of thioether (sulfide) groups is 1. The minimum atomic E-state index is -0.862. The Morgan fingerprint density at radius 3 is 2.72 bits per heavy atom. The topological polar surface area (TPSA) is 72.5 Å². The van der Waals surface area contributed by atoms with E-state index in [1.165, 1.54) is 0 Å². The van der Waals surface area contributed by atoms with E-state index in [0.29, 0.717) is 18.9 Å². The van der Waals surface area contributed by atoms with Gasteiger partial charge in [0.1, 0.15) is 5.54 Å². The second-order valence-electron chi connectivity index (χ2n) is 4.96. The Labute approximate surface area is 115 Å². The maximum Gasteiger partial charge on any atom is 0.325 e. The van der Waals surface area contributed by atoms with Crippen molar-refractivity contribution in [1.82, 2.24) is 0 Å². The molecule has 5 heteroatoms. The van der Waals surface area contributed by atoms with Gasteiger partial charge in [0.15, 0.2) is 0 Å². The maximum absolute atomic E-state index is 11.5. The fourth-order valence-electron chi connectivity index (χ4n) is 1.43. The fraction of sp³-hybridized carbons (Fsp3) is 0.923. The second kappa shape index (κ2) is 9.64. The van der Waals surface area contributed by atoms with E-state index in [9.17, 15) is 4.79 Å². The van der Waals surface area contributed by atoms with E-state index < -0.39 is 5.54 Å². The van der Waals surface area contributed by atoms with Crippen molar-refractivity contribution in [2.24, 2.45) is 11.7 Å². The van der Waals surface area contributed by atoms with Crippen LogP contribution in [0.2, 0.25) is 0 Å². The van der Waals surface area contributed by atoms with Gasteiger partial charge in [0.2, 0.25) is 0 Å². The molecule has 4 nitrogen and oxygen atoms in total. The van der Waals surface area contributed by atoms with Crippen molar-refractivity contribution < 1.29 is 14.6 Å². The van der Waals surface area contributed by atoms with Gasteiger partial charge in [-0.2, -0.15) is 11.8 Å². The van der Waals surface area contributed by atoms with Gasteiger partial charge in [0, 0.05) is 6.61 Å². The number of hydrogen-bond donors (Lipinski definition) is 2. The van der Waals surface area contributed by atoms with Crippen LogP contribution < -0.4 is 5.73 Å². The first-order valence-corrected chi connectivity index (χ1v) is 7.74. The number of unbranched alkanes of at least 4 members (excludes halogenated alkanes) is 1.